The van der Waals surface area contributed by atoms with Crippen LogP contribution in [0.5, 0.6) is 0 Å². The van der Waals surface area contributed by atoms with E-state index in [9.17, 15) is 4.57 Å². The number of rotatable bonds is 3. The molecule has 0 aromatic carbocycles. The highest BCUT2D eigenvalue weighted by molar-refractivity contribution is 7.32. The molecule has 3 nitrogen and oxygen atoms in total. The highest BCUT2D eigenvalue weighted by Gasteiger charge is 2.30. The molecule has 2 atom stereocenters. The van der Waals surface area contributed by atoms with Gasteiger partial charge in [0.25, 0.3) is 0 Å². The molecule has 14 heavy (non-hydrogen) atoms. The van der Waals surface area contributed by atoms with Gasteiger partial charge >= 0.3 is 8.25 Å². The van der Waals surface area contributed by atoms with Gasteiger partial charge < -0.3 is 9.42 Å². The molecule has 0 saturated carbocycles. The molecule has 0 aliphatic carbocycles. The highest BCUT2D eigenvalue weighted by atomic mass is 31.1. The summed E-state index contributed by atoms with van der Waals surface area (Å²) in [7, 11) is -2.84. The van der Waals surface area contributed by atoms with E-state index in [1.165, 1.54) is 0 Å². The molecule has 0 aromatic rings. The Labute approximate surface area is 87.8 Å². The first-order chi connectivity index (χ1) is 6.02. The molecule has 1 N–H and O–H groups in total. The smallest absolute Gasteiger partial charge is 0.316 e. The molecule has 0 aromatic heterocycles. The third-order valence-electron chi connectivity index (χ3n) is 2.01. The summed E-state index contributed by atoms with van der Waals surface area (Å²) < 4.78 is 15.8. The fraction of sp³-hybridized carbons (Fsp3) is 1.00. The molecular weight excluding hydrogens is 199 g/mol. The van der Waals surface area contributed by atoms with Crippen LogP contribution < -0.4 is 0 Å². The van der Waals surface area contributed by atoms with E-state index in [1.807, 2.05) is 20.8 Å². The van der Waals surface area contributed by atoms with Crippen LogP contribution in [0, 0.1) is 10.8 Å². The minimum atomic E-state index is -2.84. The predicted molar refractivity (Wildman–Crippen MR) is 59.6 cm³/mol. The van der Waals surface area contributed by atoms with Crippen molar-refractivity contribution in [3.8, 4) is 0 Å². The Bertz CT molecular complexity index is 200. The molecule has 86 valence electrons. The topological polar surface area (TPSA) is 46.5 Å². The monoisotopic (exact) mass is 222 g/mol. The third-order valence-corrected chi connectivity index (χ3v) is 2.49. The maximum absolute atomic E-state index is 10.7. The van der Waals surface area contributed by atoms with E-state index in [4.69, 9.17) is 9.42 Å². The Morgan fingerprint density at radius 2 is 1.64 bits per heavy atom. The first-order valence-corrected chi connectivity index (χ1v) is 6.18. The van der Waals surface area contributed by atoms with Gasteiger partial charge in [0, 0.05) is 0 Å². The van der Waals surface area contributed by atoms with Crippen molar-refractivity contribution in [2.24, 2.45) is 10.8 Å². The number of hydrogen-bond donors (Lipinski definition) is 1. The van der Waals surface area contributed by atoms with Crippen molar-refractivity contribution >= 4 is 8.25 Å². The Kier molecular flexibility index (Phi) is 4.83. The van der Waals surface area contributed by atoms with Gasteiger partial charge in [-0.05, 0) is 17.3 Å². The van der Waals surface area contributed by atoms with Crippen molar-refractivity contribution in [3.63, 3.8) is 0 Å². The van der Waals surface area contributed by atoms with Crippen molar-refractivity contribution < 1.29 is 14.0 Å². The molecule has 0 aliphatic heterocycles. The fourth-order valence-electron chi connectivity index (χ4n) is 1.20. The van der Waals surface area contributed by atoms with E-state index < -0.39 is 8.25 Å². The van der Waals surface area contributed by atoms with Gasteiger partial charge in [0.2, 0.25) is 0 Å². The van der Waals surface area contributed by atoms with Crippen molar-refractivity contribution in [3.05, 3.63) is 0 Å². The summed E-state index contributed by atoms with van der Waals surface area (Å²) in [6.45, 7) is 12.4. The molecule has 0 aliphatic rings. The van der Waals surface area contributed by atoms with Gasteiger partial charge in [0.1, 0.15) is 0 Å². The zero-order valence-corrected chi connectivity index (χ0v) is 11.0. The van der Waals surface area contributed by atoms with Gasteiger partial charge in [-0.25, -0.2) is 0 Å². The van der Waals surface area contributed by atoms with Crippen molar-refractivity contribution in [2.45, 2.75) is 54.1 Å². The van der Waals surface area contributed by atoms with Crippen LogP contribution in [0.2, 0.25) is 0 Å². The molecule has 0 saturated heterocycles. The average molecular weight is 222 g/mol. The second kappa shape index (κ2) is 4.78. The summed E-state index contributed by atoms with van der Waals surface area (Å²) in [5.74, 6) is 0. The maximum Gasteiger partial charge on any atom is 0.316 e. The zero-order chi connectivity index (χ0) is 11.6. The lowest BCUT2D eigenvalue weighted by Crippen LogP contribution is -2.31. The van der Waals surface area contributed by atoms with Crippen molar-refractivity contribution in [2.75, 3.05) is 0 Å². The Balaban J connectivity index is 4.50. The van der Waals surface area contributed by atoms with Crippen LogP contribution in [0.3, 0.4) is 0 Å². The molecule has 0 amide bonds. The van der Waals surface area contributed by atoms with E-state index in [1.54, 1.807) is 0 Å². The predicted octanol–water partition coefficient (Wildman–Crippen LogP) is 3.24. The minimum absolute atomic E-state index is 0.101. The second-order valence-electron chi connectivity index (χ2n) is 6.00. The van der Waals surface area contributed by atoms with Gasteiger partial charge in [-0.2, -0.15) is 0 Å². The molecule has 0 heterocycles. The van der Waals surface area contributed by atoms with E-state index >= 15 is 0 Å². The zero-order valence-electron chi connectivity index (χ0n) is 10.0. The standard InChI is InChI=1S/C10H23O3P/c1-9(2,3)7-8(10(4,5)6)13-14(11)12/h8,14H,7H2,1-6H3,(H,11,12). The fourth-order valence-corrected chi connectivity index (χ4v) is 1.88. The highest BCUT2D eigenvalue weighted by Crippen LogP contribution is 2.37. The SMILES string of the molecule is CC(C)(C)CC(O[PH](=O)O)C(C)(C)C. The first-order valence-electron chi connectivity index (χ1n) is 4.92. The lowest BCUT2D eigenvalue weighted by Gasteiger charge is -2.34. The number of hydrogen-bond acceptors (Lipinski definition) is 2. The van der Waals surface area contributed by atoms with Gasteiger partial charge in [0.15, 0.2) is 0 Å². The van der Waals surface area contributed by atoms with E-state index in [0.717, 1.165) is 6.42 Å². The molecule has 2 unspecified atom stereocenters. The molecule has 0 rings (SSSR count). The lowest BCUT2D eigenvalue weighted by molar-refractivity contribution is 0.0470. The van der Waals surface area contributed by atoms with Gasteiger partial charge in [-0.15, -0.1) is 0 Å². The summed E-state index contributed by atoms with van der Waals surface area (Å²) >= 11 is 0. The van der Waals surface area contributed by atoms with Crippen LogP contribution in [-0.4, -0.2) is 11.0 Å². The lowest BCUT2D eigenvalue weighted by atomic mass is 9.79. The van der Waals surface area contributed by atoms with Crippen LogP contribution in [0.1, 0.15) is 48.0 Å². The Morgan fingerprint density at radius 1 is 1.21 bits per heavy atom. The Morgan fingerprint density at radius 3 is 1.86 bits per heavy atom. The summed E-state index contributed by atoms with van der Waals surface area (Å²) in [5, 5.41) is 0. The summed E-state index contributed by atoms with van der Waals surface area (Å²) in [6.07, 6.45) is 0.617. The largest absolute Gasteiger partial charge is 0.326 e. The normalized spacial score (nSPS) is 17.9. The summed E-state index contributed by atoms with van der Waals surface area (Å²) in [6, 6.07) is 0. The summed E-state index contributed by atoms with van der Waals surface area (Å²) in [4.78, 5) is 8.81. The molecular formula is C10H23O3P. The average Bonchev–Trinajstić information content (AvgIpc) is 1.78. The van der Waals surface area contributed by atoms with Crippen LogP contribution in [0.4, 0.5) is 0 Å². The van der Waals surface area contributed by atoms with Crippen LogP contribution in [-0.2, 0) is 9.09 Å². The quantitative estimate of drug-likeness (QED) is 0.746. The van der Waals surface area contributed by atoms with Gasteiger partial charge in [0.05, 0.1) is 6.10 Å². The van der Waals surface area contributed by atoms with Gasteiger partial charge in [-0.3, -0.25) is 4.57 Å². The van der Waals surface area contributed by atoms with E-state index in [2.05, 4.69) is 20.8 Å². The molecule has 0 radical (unpaired) electrons. The van der Waals surface area contributed by atoms with Crippen molar-refractivity contribution in [1.82, 2.24) is 0 Å². The van der Waals surface area contributed by atoms with Crippen LogP contribution in [0.25, 0.3) is 0 Å². The molecule has 0 fully saturated rings. The molecule has 0 spiro atoms. The summed E-state index contributed by atoms with van der Waals surface area (Å²) in [5.41, 5.74) is 0.00556. The van der Waals surface area contributed by atoms with Crippen LogP contribution >= 0.6 is 8.25 Å². The van der Waals surface area contributed by atoms with Gasteiger partial charge in [-0.1, -0.05) is 41.5 Å². The molecule has 4 heteroatoms. The maximum atomic E-state index is 10.7. The third kappa shape index (κ3) is 6.58. The Hall–Kier alpha value is 0.150. The first kappa shape index (κ1) is 14.2. The van der Waals surface area contributed by atoms with E-state index in [-0.39, 0.29) is 16.9 Å². The second-order valence-corrected chi connectivity index (χ2v) is 6.77. The van der Waals surface area contributed by atoms with E-state index in [0.29, 0.717) is 0 Å². The van der Waals surface area contributed by atoms with Crippen LogP contribution in [0.15, 0.2) is 0 Å². The minimum Gasteiger partial charge on any atom is -0.326 e. The molecule has 0 bridgehead atoms. The van der Waals surface area contributed by atoms with Crippen molar-refractivity contribution in [1.29, 1.82) is 0 Å².